The maximum absolute atomic E-state index is 12.5. The predicted molar refractivity (Wildman–Crippen MR) is 73.8 cm³/mol. The first-order valence-corrected chi connectivity index (χ1v) is 6.77. The third-order valence-corrected chi connectivity index (χ3v) is 3.95. The molecule has 0 saturated heterocycles. The van der Waals surface area contributed by atoms with E-state index in [1.807, 2.05) is 30.3 Å². The number of rotatable bonds is 6. The van der Waals surface area contributed by atoms with Crippen LogP contribution in [0.3, 0.4) is 0 Å². The van der Waals surface area contributed by atoms with E-state index in [1.165, 1.54) is 0 Å². The zero-order valence-electron chi connectivity index (χ0n) is 11.4. The minimum Gasteiger partial charge on any atom is -0.481 e. The Kier molecular flexibility index (Phi) is 4.26. The molecule has 112 valence electrons. The standard InChI is InChI=1S/C15H17NO5/c17-12(18)9-11(13(19)20)16-14(21)15(7-4-8-15)10-5-2-1-3-6-10/h1-3,5-6,11H,4,7-9H2,(H,16,21)(H,17,18)(H,19,20)/t11-/m1/s1. The second-order valence-electron chi connectivity index (χ2n) is 5.26. The van der Waals surface area contributed by atoms with Crippen LogP contribution in [0.4, 0.5) is 0 Å². The number of carbonyl (C=O) groups excluding carboxylic acids is 1. The molecular formula is C15H17NO5. The number of aliphatic carboxylic acids is 2. The zero-order chi connectivity index (χ0) is 15.5. The van der Waals surface area contributed by atoms with Crippen LogP contribution in [-0.2, 0) is 19.8 Å². The Morgan fingerprint density at radius 3 is 2.19 bits per heavy atom. The summed E-state index contributed by atoms with van der Waals surface area (Å²) in [5.41, 5.74) is 0.112. The Morgan fingerprint density at radius 1 is 1.14 bits per heavy atom. The Labute approximate surface area is 121 Å². The van der Waals surface area contributed by atoms with Crippen molar-refractivity contribution in [2.24, 2.45) is 0 Å². The minimum atomic E-state index is -1.41. The van der Waals surface area contributed by atoms with Crippen molar-refractivity contribution in [2.75, 3.05) is 0 Å². The number of benzene rings is 1. The van der Waals surface area contributed by atoms with Crippen molar-refractivity contribution in [3.05, 3.63) is 35.9 Å². The van der Waals surface area contributed by atoms with Crippen LogP contribution in [0.25, 0.3) is 0 Å². The highest BCUT2D eigenvalue weighted by Crippen LogP contribution is 2.43. The molecule has 1 saturated carbocycles. The molecule has 0 bridgehead atoms. The lowest BCUT2D eigenvalue weighted by Crippen LogP contribution is -2.54. The van der Waals surface area contributed by atoms with Crippen molar-refractivity contribution in [3.8, 4) is 0 Å². The van der Waals surface area contributed by atoms with Gasteiger partial charge < -0.3 is 15.5 Å². The van der Waals surface area contributed by atoms with Crippen molar-refractivity contribution in [1.82, 2.24) is 5.32 Å². The van der Waals surface area contributed by atoms with E-state index >= 15 is 0 Å². The summed E-state index contributed by atoms with van der Waals surface area (Å²) in [6, 6.07) is 7.77. The highest BCUT2D eigenvalue weighted by atomic mass is 16.4. The van der Waals surface area contributed by atoms with Gasteiger partial charge in [-0.1, -0.05) is 36.8 Å². The molecule has 0 spiro atoms. The molecule has 1 aromatic carbocycles. The normalized spacial score (nSPS) is 17.3. The van der Waals surface area contributed by atoms with Gasteiger partial charge in [0.2, 0.25) is 5.91 Å². The Bertz CT molecular complexity index is 550. The maximum atomic E-state index is 12.5. The molecule has 0 heterocycles. The minimum absolute atomic E-state index is 0.409. The molecule has 0 radical (unpaired) electrons. The fraction of sp³-hybridized carbons (Fsp3) is 0.400. The Morgan fingerprint density at radius 2 is 1.76 bits per heavy atom. The molecule has 21 heavy (non-hydrogen) atoms. The smallest absolute Gasteiger partial charge is 0.326 e. The molecule has 1 aliphatic carbocycles. The summed E-state index contributed by atoms with van der Waals surface area (Å²) in [6.07, 6.45) is 1.54. The summed E-state index contributed by atoms with van der Waals surface area (Å²) in [6.45, 7) is 0. The topological polar surface area (TPSA) is 104 Å². The molecule has 1 aromatic rings. The number of hydrogen-bond acceptors (Lipinski definition) is 3. The maximum Gasteiger partial charge on any atom is 0.326 e. The highest BCUT2D eigenvalue weighted by molar-refractivity contribution is 5.93. The van der Waals surface area contributed by atoms with Gasteiger partial charge in [-0.05, 0) is 18.4 Å². The van der Waals surface area contributed by atoms with Crippen LogP contribution in [0.5, 0.6) is 0 Å². The van der Waals surface area contributed by atoms with Gasteiger partial charge >= 0.3 is 11.9 Å². The number of hydrogen-bond donors (Lipinski definition) is 3. The second-order valence-corrected chi connectivity index (χ2v) is 5.26. The molecule has 0 aromatic heterocycles. The molecule has 3 N–H and O–H groups in total. The lowest BCUT2D eigenvalue weighted by Gasteiger charge is -2.41. The second kappa shape index (κ2) is 5.95. The van der Waals surface area contributed by atoms with Crippen LogP contribution in [0.2, 0.25) is 0 Å². The molecule has 1 amide bonds. The molecule has 1 aliphatic rings. The van der Waals surface area contributed by atoms with Crippen molar-refractivity contribution in [3.63, 3.8) is 0 Å². The Balaban J connectivity index is 2.17. The van der Waals surface area contributed by atoms with E-state index in [0.29, 0.717) is 12.8 Å². The number of carbonyl (C=O) groups is 3. The summed E-state index contributed by atoms with van der Waals surface area (Å²) >= 11 is 0. The number of nitrogens with one attached hydrogen (secondary N) is 1. The van der Waals surface area contributed by atoms with Crippen LogP contribution in [0, 0.1) is 0 Å². The molecule has 6 nitrogen and oxygen atoms in total. The molecule has 1 fully saturated rings. The monoisotopic (exact) mass is 291 g/mol. The van der Waals surface area contributed by atoms with Gasteiger partial charge in [-0.2, -0.15) is 0 Å². The first-order chi connectivity index (χ1) is 9.95. The number of carboxylic acid groups (broad SMARTS) is 2. The molecule has 6 heteroatoms. The quantitative estimate of drug-likeness (QED) is 0.729. The van der Waals surface area contributed by atoms with Crippen LogP contribution in [0.15, 0.2) is 30.3 Å². The van der Waals surface area contributed by atoms with Gasteiger partial charge in [-0.25, -0.2) is 4.79 Å². The number of carboxylic acids is 2. The largest absolute Gasteiger partial charge is 0.481 e. The SMILES string of the molecule is O=C(O)C[C@@H](NC(=O)C1(c2ccccc2)CCC1)C(=O)O. The number of amides is 1. The van der Waals surface area contributed by atoms with E-state index in [-0.39, 0.29) is 0 Å². The van der Waals surface area contributed by atoms with Crippen molar-refractivity contribution < 1.29 is 24.6 Å². The molecule has 2 rings (SSSR count). The summed E-state index contributed by atoms with van der Waals surface area (Å²) in [7, 11) is 0. The van der Waals surface area contributed by atoms with E-state index in [4.69, 9.17) is 10.2 Å². The van der Waals surface area contributed by atoms with Crippen molar-refractivity contribution >= 4 is 17.8 Å². The van der Waals surface area contributed by atoms with Crippen molar-refractivity contribution in [1.29, 1.82) is 0 Å². The van der Waals surface area contributed by atoms with Gasteiger partial charge in [0.25, 0.3) is 0 Å². The third-order valence-electron chi connectivity index (χ3n) is 3.95. The van der Waals surface area contributed by atoms with Gasteiger partial charge in [-0.15, -0.1) is 0 Å². The van der Waals surface area contributed by atoms with E-state index in [1.54, 1.807) is 0 Å². The predicted octanol–water partition coefficient (Wildman–Crippen LogP) is 1.15. The highest BCUT2D eigenvalue weighted by Gasteiger charge is 2.46. The van der Waals surface area contributed by atoms with Gasteiger partial charge in [0, 0.05) is 0 Å². The van der Waals surface area contributed by atoms with Gasteiger partial charge in [-0.3, -0.25) is 9.59 Å². The lowest BCUT2D eigenvalue weighted by atomic mass is 9.63. The van der Waals surface area contributed by atoms with Crippen LogP contribution < -0.4 is 5.32 Å². The van der Waals surface area contributed by atoms with E-state index in [9.17, 15) is 14.4 Å². The van der Waals surface area contributed by atoms with Gasteiger partial charge in [0.1, 0.15) is 6.04 Å². The van der Waals surface area contributed by atoms with Crippen LogP contribution >= 0.6 is 0 Å². The summed E-state index contributed by atoms with van der Waals surface area (Å²) in [4.78, 5) is 34.2. The average Bonchev–Trinajstić information content (AvgIpc) is 2.37. The molecule has 0 unspecified atom stereocenters. The Hall–Kier alpha value is -2.37. The van der Waals surface area contributed by atoms with Gasteiger partial charge in [0.05, 0.1) is 11.8 Å². The van der Waals surface area contributed by atoms with E-state index in [2.05, 4.69) is 5.32 Å². The van der Waals surface area contributed by atoms with Gasteiger partial charge in [0.15, 0.2) is 0 Å². The first-order valence-electron chi connectivity index (χ1n) is 6.77. The van der Waals surface area contributed by atoms with E-state index in [0.717, 1.165) is 12.0 Å². The summed E-state index contributed by atoms with van der Waals surface area (Å²) in [5, 5.41) is 20.1. The molecule has 0 aliphatic heterocycles. The average molecular weight is 291 g/mol. The third kappa shape index (κ3) is 3.04. The fourth-order valence-corrected chi connectivity index (χ4v) is 2.61. The van der Waals surface area contributed by atoms with Crippen molar-refractivity contribution in [2.45, 2.75) is 37.1 Å². The van der Waals surface area contributed by atoms with E-state index < -0.39 is 35.7 Å². The lowest BCUT2D eigenvalue weighted by molar-refractivity contribution is -0.148. The molecule has 1 atom stereocenters. The summed E-state index contributed by atoms with van der Waals surface area (Å²) < 4.78 is 0. The zero-order valence-corrected chi connectivity index (χ0v) is 11.4. The molecular weight excluding hydrogens is 274 g/mol. The fourth-order valence-electron chi connectivity index (χ4n) is 2.61. The van der Waals surface area contributed by atoms with Crippen LogP contribution in [0.1, 0.15) is 31.2 Å². The first kappa shape index (κ1) is 15.0. The summed E-state index contributed by atoms with van der Waals surface area (Å²) in [5.74, 6) is -3.01. The van der Waals surface area contributed by atoms with Crippen LogP contribution in [-0.4, -0.2) is 34.1 Å².